The van der Waals surface area contributed by atoms with E-state index in [2.05, 4.69) is 4.98 Å². The van der Waals surface area contributed by atoms with E-state index in [0.717, 1.165) is 38.5 Å². The molecular weight excluding hydrogens is 354 g/mol. The monoisotopic (exact) mass is 369 g/mol. The van der Waals surface area contributed by atoms with E-state index in [9.17, 15) is 4.79 Å². The Kier molecular flexibility index (Phi) is 4.38. The Balaban J connectivity index is 1.48. The lowest BCUT2D eigenvalue weighted by Crippen LogP contribution is -2.03. The Bertz CT molecular complexity index is 1010. The molecule has 0 N–H and O–H groups in total. The van der Waals surface area contributed by atoms with Crippen molar-refractivity contribution in [3.63, 3.8) is 0 Å². The second-order valence-corrected chi connectivity index (χ2v) is 7.40. The molecule has 126 valence electrons. The summed E-state index contributed by atoms with van der Waals surface area (Å²) in [4.78, 5) is 16.7. The summed E-state index contributed by atoms with van der Waals surface area (Å²) in [5.41, 5.74) is 1.61. The van der Waals surface area contributed by atoms with Crippen molar-refractivity contribution in [2.24, 2.45) is 0 Å². The standard InChI is InChI=1S/C19H15NO3S2/c1-12-15(20-19(23-12)17-3-2-9-24-17)6-8-22-16-5-4-13(11-21)18-14(16)7-10-25-18/h2-5,7,9-11H,6,8H2,1H3. The van der Waals surface area contributed by atoms with Crippen LogP contribution < -0.4 is 4.74 Å². The van der Waals surface area contributed by atoms with Crippen molar-refractivity contribution in [1.29, 1.82) is 0 Å². The van der Waals surface area contributed by atoms with Gasteiger partial charge in [0.05, 0.1) is 17.2 Å². The van der Waals surface area contributed by atoms with Crippen LogP contribution in [0, 0.1) is 6.92 Å². The average Bonchev–Trinajstić information content (AvgIpc) is 3.36. The van der Waals surface area contributed by atoms with Crippen molar-refractivity contribution in [2.75, 3.05) is 6.61 Å². The fourth-order valence-electron chi connectivity index (χ4n) is 2.70. The highest BCUT2D eigenvalue weighted by Crippen LogP contribution is 2.32. The van der Waals surface area contributed by atoms with Crippen molar-refractivity contribution in [1.82, 2.24) is 4.98 Å². The Morgan fingerprint density at radius 1 is 1.20 bits per heavy atom. The second kappa shape index (κ2) is 6.82. The van der Waals surface area contributed by atoms with Gasteiger partial charge in [-0.25, -0.2) is 4.98 Å². The van der Waals surface area contributed by atoms with Gasteiger partial charge in [0.15, 0.2) is 6.29 Å². The number of carbonyl (C=O) groups excluding carboxylic acids is 1. The molecule has 0 saturated carbocycles. The summed E-state index contributed by atoms with van der Waals surface area (Å²) < 4.78 is 12.7. The number of oxazole rings is 1. The van der Waals surface area contributed by atoms with E-state index < -0.39 is 0 Å². The minimum atomic E-state index is 0.503. The van der Waals surface area contributed by atoms with Crippen LogP contribution in [0.3, 0.4) is 0 Å². The summed E-state index contributed by atoms with van der Waals surface area (Å²) in [5, 5.41) is 4.96. The summed E-state index contributed by atoms with van der Waals surface area (Å²) in [6, 6.07) is 9.62. The molecule has 0 atom stereocenters. The Morgan fingerprint density at radius 3 is 2.92 bits per heavy atom. The highest BCUT2D eigenvalue weighted by atomic mass is 32.1. The highest BCUT2D eigenvalue weighted by Gasteiger charge is 2.13. The van der Waals surface area contributed by atoms with Gasteiger partial charge in [-0.3, -0.25) is 4.79 Å². The Morgan fingerprint density at radius 2 is 2.12 bits per heavy atom. The van der Waals surface area contributed by atoms with Crippen LogP contribution in [0.15, 0.2) is 45.5 Å². The number of hydrogen-bond donors (Lipinski definition) is 0. The van der Waals surface area contributed by atoms with Crippen LogP contribution in [0.1, 0.15) is 21.8 Å². The SMILES string of the molecule is Cc1oc(-c2cccs2)nc1CCOc1ccc(C=O)c2sccc12. The molecule has 0 aliphatic carbocycles. The van der Waals surface area contributed by atoms with Crippen LogP contribution in [-0.4, -0.2) is 17.9 Å². The van der Waals surface area contributed by atoms with Gasteiger partial charge in [0, 0.05) is 22.1 Å². The lowest BCUT2D eigenvalue weighted by atomic mass is 10.1. The summed E-state index contributed by atoms with van der Waals surface area (Å²) in [7, 11) is 0. The molecule has 0 saturated heterocycles. The van der Waals surface area contributed by atoms with Crippen molar-refractivity contribution in [3.05, 3.63) is 58.1 Å². The van der Waals surface area contributed by atoms with Gasteiger partial charge in [-0.05, 0) is 41.9 Å². The van der Waals surface area contributed by atoms with E-state index in [1.807, 2.05) is 41.9 Å². The summed E-state index contributed by atoms with van der Waals surface area (Å²) in [6.45, 7) is 2.43. The number of carbonyl (C=O) groups is 1. The number of benzene rings is 1. The molecule has 6 heteroatoms. The molecule has 0 spiro atoms. The summed E-state index contributed by atoms with van der Waals surface area (Å²) in [6.07, 6.45) is 1.55. The second-order valence-electron chi connectivity index (χ2n) is 5.53. The quantitative estimate of drug-likeness (QED) is 0.429. The molecule has 25 heavy (non-hydrogen) atoms. The molecule has 0 radical (unpaired) electrons. The zero-order valence-electron chi connectivity index (χ0n) is 13.5. The smallest absolute Gasteiger partial charge is 0.236 e. The first-order valence-corrected chi connectivity index (χ1v) is 9.60. The van der Waals surface area contributed by atoms with Crippen LogP contribution in [0.4, 0.5) is 0 Å². The fraction of sp³-hybridized carbons (Fsp3) is 0.158. The maximum absolute atomic E-state index is 11.1. The molecule has 3 aromatic heterocycles. The molecule has 1 aromatic carbocycles. The van der Waals surface area contributed by atoms with E-state index in [4.69, 9.17) is 9.15 Å². The third-order valence-electron chi connectivity index (χ3n) is 3.96. The molecule has 0 fully saturated rings. The first kappa shape index (κ1) is 16.1. The van der Waals surface area contributed by atoms with Gasteiger partial charge in [0.25, 0.3) is 0 Å². The number of aromatic nitrogens is 1. The fourth-order valence-corrected chi connectivity index (χ4v) is 4.24. The number of thiophene rings is 2. The van der Waals surface area contributed by atoms with Gasteiger partial charge in [0.2, 0.25) is 5.89 Å². The molecule has 0 aliphatic rings. The maximum atomic E-state index is 11.1. The first-order valence-electron chi connectivity index (χ1n) is 7.84. The van der Waals surface area contributed by atoms with Gasteiger partial charge < -0.3 is 9.15 Å². The zero-order valence-corrected chi connectivity index (χ0v) is 15.2. The minimum Gasteiger partial charge on any atom is -0.493 e. The minimum absolute atomic E-state index is 0.503. The predicted molar refractivity (Wildman–Crippen MR) is 101 cm³/mol. The number of rotatable bonds is 6. The van der Waals surface area contributed by atoms with Gasteiger partial charge in [-0.1, -0.05) is 6.07 Å². The van der Waals surface area contributed by atoms with Crippen molar-refractivity contribution in [3.8, 4) is 16.5 Å². The van der Waals surface area contributed by atoms with Crippen LogP contribution in [0.25, 0.3) is 20.9 Å². The largest absolute Gasteiger partial charge is 0.493 e. The number of aldehydes is 1. The van der Waals surface area contributed by atoms with Crippen molar-refractivity contribution >= 4 is 39.0 Å². The van der Waals surface area contributed by atoms with E-state index in [-0.39, 0.29) is 0 Å². The molecule has 0 aliphatic heterocycles. The molecular formula is C19H15NO3S2. The van der Waals surface area contributed by atoms with E-state index in [1.165, 1.54) is 0 Å². The van der Waals surface area contributed by atoms with Gasteiger partial charge >= 0.3 is 0 Å². The van der Waals surface area contributed by atoms with Crippen LogP contribution in [0.2, 0.25) is 0 Å². The number of nitrogens with zero attached hydrogens (tertiary/aromatic N) is 1. The van der Waals surface area contributed by atoms with Gasteiger partial charge in [-0.2, -0.15) is 0 Å². The van der Waals surface area contributed by atoms with E-state index in [0.29, 0.717) is 24.5 Å². The number of fused-ring (bicyclic) bond motifs is 1. The number of ether oxygens (including phenoxy) is 1. The Hall–Kier alpha value is -2.44. The molecule has 0 amide bonds. The summed E-state index contributed by atoms with van der Waals surface area (Å²) >= 11 is 3.16. The molecule has 0 unspecified atom stereocenters. The van der Waals surface area contributed by atoms with Gasteiger partial charge in [-0.15, -0.1) is 22.7 Å². The third-order valence-corrected chi connectivity index (χ3v) is 5.78. The zero-order chi connectivity index (χ0) is 17.2. The molecule has 4 nitrogen and oxygen atoms in total. The third kappa shape index (κ3) is 3.10. The van der Waals surface area contributed by atoms with E-state index >= 15 is 0 Å². The lowest BCUT2D eigenvalue weighted by Gasteiger charge is -2.07. The van der Waals surface area contributed by atoms with Crippen molar-refractivity contribution < 1.29 is 13.9 Å². The number of aryl methyl sites for hydroxylation is 1. The van der Waals surface area contributed by atoms with Crippen LogP contribution >= 0.6 is 22.7 Å². The van der Waals surface area contributed by atoms with Crippen LogP contribution in [-0.2, 0) is 6.42 Å². The van der Waals surface area contributed by atoms with E-state index in [1.54, 1.807) is 28.7 Å². The predicted octanol–water partition coefficient (Wildman–Crippen LogP) is 5.36. The first-order chi connectivity index (χ1) is 12.3. The molecule has 3 heterocycles. The van der Waals surface area contributed by atoms with Crippen LogP contribution in [0.5, 0.6) is 5.75 Å². The molecule has 4 aromatic rings. The molecule has 4 rings (SSSR count). The van der Waals surface area contributed by atoms with Crippen molar-refractivity contribution in [2.45, 2.75) is 13.3 Å². The average molecular weight is 369 g/mol. The number of hydrogen-bond acceptors (Lipinski definition) is 6. The van der Waals surface area contributed by atoms with Gasteiger partial charge in [0.1, 0.15) is 11.5 Å². The summed E-state index contributed by atoms with van der Waals surface area (Å²) in [5.74, 6) is 2.28. The maximum Gasteiger partial charge on any atom is 0.236 e. The highest BCUT2D eigenvalue weighted by molar-refractivity contribution is 7.17. The topological polar surface area (TPSA) is 52.3 Å². The normalized spacial score (nSPS) is 11.1. The lowest BCUT2D eigenvalue weighted by molar-refractivity contribution is 0.112. The Labute approximate surface area is 152 Å². The molecule has 0 bridgehead atoms.